The second-order valence-corrected chi connectivity index (χ2v) is 4.46. The SMILES string of the molecule is N#Cc1cc(N2CCOCC2C(=O)O)ccc1C(F)(F)F. The fourth-order valence-electron chi connectivity index (χ4n) is 2.17. The normalized spacial score (nSPS) is 19.1. The number of halogens is 3. The summed E-state index contributed by atoms with van der Waals surface area (Å²) in [4.78, 5) is 12.6. The molecule has 8 heteroatoms. The Balaban J connectivity index is 2.41. The number of aliphatic carboxylic acids is 1. The molecule has 1 aliphatic rings. The van der Waals surface area contributed by atoms with Gasteiger partial charge in [-0.05, 0) is 18.2 Å². The molecule has 1 aromatic carbocycles. The Labute approximate surface area is 118 Å². The van der Waals surface area contributed by atoms with Gasteiger partial charge in [-0.1, -0.05) is 0 Å². The predicted molar refractivity (Wildman–Crippen MR) is 65.7 cm³/mol. The van der Waals surface area contributed by atoms with Crippen molar-refractivity contribution in [3.8, 4) is 6.07 Å². The second-order valence-electron chi connectivity index (χ2n) is 4.46. The van der Waals surface area contributed by atoms with Gasteiger partial charge in [0, 0.05) is 12.2 Å². The molecule has 1 aliphatic heterocycles. The molecule has 1 heterocycles. The molecule has 0 aromatic heterocycles. The lowest BCUT2D eigenvalue weighted by Crippen LogP contribution is -2.50. The van der Waals surface area contributed by atoms with Gasteiger partial charge >= 0.3 is 12.1 Å². The predicted octanol–water partition coefficient (Wildman–Crippen LogP) is 1.87. The van der Waals surface area contributed by atoms with E-state index in [1.807, 2.05) is 0 Å². The fourth-order valence-corrected chi connectivity index (χ4v) is 2.17. The van der Waals surface area contributed by atoms with Crippen LogP contribution in [0.1, 0.15) is 11.1 Å². The van der Waals surface area contributed by atoms with Crippen molar-refractivity contribution in [1.82, 2.24) is 0 Å². The summed E-state index contributed by atoms with van der Waals surface area (Å²) >= 11 is 0. The Morgan fingerprint density at radius 3 is 2.76 bits per heavy atom. The third kappa shape index (κ3) is 3.08. The van der Waals surface area contributed by atoms with E-state index in [1.165, 1.54) is 17.0 Å². The Morgan fingerprint density at radius 2 is 2.19 bits per heavy atom. The number of hydrogen-bond acceptors (Lipinski definition) is 4. The van der Waals surface area contributed by atoms with Gasteiger partial charge in [-0.25, -0.2) is 4.79 Å². The van der Waals surface area contributed by atoms with E-state index in [0.717, 1.165) is 12.1 Å². The van der Waals surface area contributed by atoms with Crippen LogP contribution in [-0.2, 0) is 15.7 Å². The summed E-state index contributed by atoms with van der Waals surface area (Å²) in [6.07, 6.45) is -4.62. The number of hydrogen-bond donors (Lipinski definition) is 1. The molecule has 1 fully saturated rings. The molecule has 1 aromatic rings. The highest BCUT2D eigenvalue weighted by Gasteiger charge is 2.35. The number of carboxylic acid groups (broad SMARTS) is 1. The zero-order valence-corrected chi connectivity index (χ0v) is 10.7. The monoisotopic (exact) mass is 300 g/mol. The summed E-state index contributed by atoms with van der Waals surface area (Å²) in [5.41, 5.74) is -1.31. The van der Waals surface area contributed by atoms with E-state index < -0.39 is 29.3 Å². The lowest BCUT2D eigenvalue weighted by atomic mass is 10.1. The topological polar surface area (TPSA) is 73.6 Å². The number of nitrogens with zero attached hydrogens (tertiary/aromatic N) is 2. The first-order valence-electron chi connectivity index (χ1n) is 6.03. The average molecular weight is 300 g/mol. The fraction of sp³-hybridized carbons (Fsp3) is 0.385. The van der Waals surface area contributed by atoms with Crippen LogP contribution in [0.2, 0.25) is 0 Å². The number of alkyl halides is 3. The van der Waals surface area contributed by atoms with Crippen LogP contribution in [0.25, 0.3) is 0 Å². The zero-order valence-electron chi connectivity index (χ0n) is 10.7. The molecule has 5 nitrogen and oxygen atoms in total. The van der Waals surface area contributed by atoms with E-state index in [0.29, 0.717) is 0 Å². The number of anilines is 1. The van der Waals surface area contributed by atoms with Gasteiger partial charge in [0.05, 0.1) is 30.4 Å². The van der Waals surface area contributed by atoms with Crippen LogP contribution in [0, 0.1) is 11.3 Å². The van der Waals surface area contributed by atoms with Crippen LogP contribution in [0.15, 0.2) is 18.2 Å². The summed E-state index contributed by atoms with van der Waals surface area (Å²) < 4.78 is 43.3. The van der Waals surface area contributed by atoms with Gasteiger partial charge in [0.2, 0.25) is 0 Å². The van der Waals surface area contributed by atoms with Gasteiger partial charge in [0.25, 0.3) is 0 Å². The molecule has 1 N–H and O–H groups in total. The molecule has 0 saturated carbocycles. The van der Waals surface area contributed by atoms with Crippen LogP contribution in [0.4, 0.5) is 18.9 Å². The van der Waals surface area contributed by atoms with Crippen molar-refractivity contribution in [2.75, 3.05) is 24.7 Å². The van der Waals surface area contributed by atoms with Crippen molar-refractivity contribution in [2.24, 2.45) is 0 Å². The van der Waals surface area contributed by atoms with Crippen molar-refractivity contribution in [2.45, 2.75) is 12.2 Å². The third-order valence-corrected chi connectivity index (χ3v) is 3.17. The molecule has 0 bridgehead atoms. The zero-order chi connectivity index (χ0) is 15.6. The molecule has 1 unspecified atom stereocenters. The molecule has 112 valence electrons. The summed E-state index contributed by atoms with van der Waals surface area (Å²) in [6, 6.07) is 3.54. The lowest BCUT2D eigenvalue weighted by Gasteiger charge is -2.34. The highest BCUT2D eigenvalue weighted by atomic mass is 19.4. The largest absolute Gasteiger partial charge is 0.480 e. The molecule has 0 radical (unpaired) electrons. The van der Waals surface area contributed by atoms with Gasteiger partial charge in [-0.2, -0.15) is 18.4 Å². The molecule has 1 atom stereocenters. The second kappa shape index (κ2) is 5.61. The Kier molecular flexibility index (Phi) is 4.04. The number of morpholine rings is 1. The summed E-state index contributed by atoms with van der Waals surface area (Å²) in [5.74, 6) is -1.13. The van der Waals surface area contributed by atoms with Gasteiger partial charge < -0.3 is 14.7 Å². The number of carboxylic acids is 1. The van der Waals surface area contributed by atoms with E-state index in [1.54, 1.807) is 0 Å². The maximum absolute atomic E-state index is 12.7. The molecular weight excluding hydrogens is 289 g/mol. The van der Waals surface area contributed by atoms with Crippen molar-refractivity contribution < 1.29 is 27.8 Å². The molecule has 0 spiro atoms. The van der Waals surface area contributed by atoms with Gasteiger partial charge in [-0.15, -0.1) is 0 Å². The van der Waals surface area contributed by atoms with Crippen LogP contribution in [0.5, 0.6) is 0 Å². The van der Waals surface area contributed by atoms with Crippen LogP contribution >= 0.6 is 0 Å². The highest BCUT2D eigenvalue weighted by Crippen LogP contribution is 2.34. The quantitative estimate of drug-likeness (QED) is 0.902. The van der Waals surface area contributed by atoms with Crippen molar-refractivity contribution in [3.63, 3.8) is 0 Å². The molecule has 2 rings (SSSR count). The van der Waals surface area contributed by atoms with Gasteiger partial charge in [-0.3, -0.25) is 0 Å². The maximum atomic E-state index is 12.7. The molecule has 1 saturated heterocycles. The minimum Gasteiger partial charge on any atom is -0.480 e. The molecular formula is C13H11F3N2O3. The maximum Gasteiger partial charge on any atom is 0.417 e. The first kappa shape index (κ1) is 15.1. The molecule has 21 heavy (non-hydrogen) atoms. The number of nitriles is 1. The number of benzene rings is 1. The standard InChI is InChI=1S/C13H11F3N2O3/c14-13(15,16)10-2-1-9(5-8(10)6-17)18-3-4-21-7-11(18)12(19)20/h1-2,5,11H,3-4,7H2,(H,19,20). The van der Waals surface area contributed by atoms with Gasteiger partial charge in [0.15, 0.2) is 6.04 Å². The number of carbonyl (C=O) groups is 1. The van der Waals surface area contributed by atoms with Crippen LogP contribution < -0.4 is 4.90 Å². The van der Waals surface area contributed by atoms with E-state index in [2.05, 4.69) is 0 Å². The Hall–Kier alpha value is -2.27. The Morgan fingerprint density at radius 1 is 1.48 bits per heavy atom. The lowest BCUT2D eigenvalue weighted by molar-refractivity contribution is -0.141. The number of ether oxygens (including phenoxy) is 1. The van der Waals surface area contributed by atoms with E-state index >= 15 is 0 Å². The number of rotatable bonds is 2. The van der Waals surface area contributed by atoms with E-state index in [4.69, 9.17) is 15.1 Å². The van der Waals surface area contributed by atoms with Gasteiger partial charge in [0.1, 0.15) is 0 Å². The van der Waals surface area contributed by atoms with Crippen molar-refractivity contribution >= 4 is 11.7 Å². The first-order valence-corrected chi connectivity index (χ1v) is 6.03. The smallest absolute Gasteiger partial charge is 0.417 e. The molecule has 0 amide bonds. The minimum absolute atomic E-state index is 0.0573. The molecule has 0 aliphatic carbocycles. The van der Waals surface area contributed by atoms with Crippen LogP contribution in [0.3, 0.4) is 0 Å². The summed E-state index contributed by atoms with van der Waals surface area (Å²) in [6.45, 7) is 0.443. The summed E-state index contributed by atoms with van der Waals surface area (Å²) in [5, 5.41) is 18.0. The van der Waals surface area contributed by atoms with Crippen molar-refractivity contribution in [1.29, 1.82) is 5.26 Å². The minimum atomic E-state index is -4.62. The van der Waals surface area contributed by atoms with Crippen molar-refractivity contribution in [3.05, 3.63) is 29.3 Å². The van der Waals surface area contributed by atoms with E-state index in [-0.39, 0.29) is 25.4 Å². The van der Waals surface area contributed by atoms with E-state index in [9.17, 15) is 18.0 Å². The average Bonchev–Trinajstić information content (AvgIpc) is 2.45. The summed E-state index contributed by atoms with van der Waals surface area (Å²) in [7, 11) is 0. The first-order chi connectivity index (χ1) is 9.84. The highest BCUT2D eigenvalue weighted by molar-refractivity contribution is 5.79. The van der Waals surface area contributed by atoms with Crippen LogP contribution in [-0.4, -0.2) is 36.9 Å². The third-order valence-electron chi connectivity index (χ3n) is 3.17. The Bertz CT molecular complexity index is 595.